The highest BCUT2D eigenvalue weighted by Crippen LogP contribution is 2.35. The lowest BCUT2D eigenvalue weighted by Crippen LogP contribution is -2.11. The molecule has 164 valence electrons. The van der Waals surface area contributed by atoms with Crippen LogP contribution >= 0.6 is 11.3 Å². The fraction of sp³-hybridized carbons (Fsp3) is 0.381. The molecule has 1 aliphatic carbocycles. The number of nitro groups is 1. The van der Waals surface area contributed by atoms with Crippen molar-refractivity contribution in [3.63, 3.8) is 0 Å². The van der Waals surface area contributed by atoms with Gasteiger partial charge in [0.2, 0.25) is 0 Å². The van der Waals surface area contributed by atoms with Gasteiger partial charge in [0.05, 0.1) is 10.3 Å². The van der Waals surface area contributed by atoms with Crippen LogP contribution in [-0.4, -0.2) is 31.3 Å². The van der Waals surface area contributed by atoms with Crippen LogP contribution in [0.2, 0.25) is 0 Å². The lowest BCUT2D eigenvalue weighted by molar-refractivity contribution is -0.384. The second kappa shape index (κ2) is 10.2. The molecule has 0 atom stereocenters. The van der Waals surface area contributed by atoms with Crippen LogP contribution in [0.4, 0.5) is 16.3 Å². The van der Waals surface area contributed by atoms with E-state index in [1.165, 1.54) is 25.3 Å². The number of benzene rings is 1. The lowest BCUT2D eigenvalue weighted by Gasteiger charge is -2.21. The molecule has 0 amide bonds. The fourth-order valence-corrected chi connectivity index (χ4v) is 4.67. The maximum absolute atomic E-state index is 11.0. The first-order valence-corrected chi connectivity index (χ1v) is 10.9. The molecule has 0 bridgehead atoms. The Balaban J connectivity index is 0.000000628. The molecule has 1 saturated carbocycles. The van der Waals surface area contributed by atoms with Crippen molar-refractivity contribution in [1.82, 2.24) is 9.97 Å². The van der Waals surface area contributed by atoms with E-state index in [4.69, 9.17) is 25.0 Å². The summed E-state index contributed by atoms with van der Waals surface area (Å²) >= 11 is 1.65. The van der Waals surface area contributed by atoms with Crippen molar-refractivity contribution < 1.29 is 19.9 Å². The number of carbonyl (C=O) groups is 1. The molecular formula is C21H24N4O5S. The van der Waals surface area contributed by atoms with E-state index in [0.29, 0.717) is 12.5 Å². The molecule has 2 heterocycles. The number of rotatable bonds is 5. The molecule has 3 aromatic rings. The van der Waals surface area contributed by atoms with E-state index in [2.05, 4.69) is 17.6 Å². The molecule has 0 radical (unpaired) electrons. The van der Waals surface area contributed by atoms with Gasteiger partial charge in [-0.3, -0.25) is 10.1 Å². The van der Waals surface area contributed by atoms with Gasteiger partial charge in [0.1, 0.15) is 16.5 Å². The topological polar surface area (TPSA) is 138 Å². The predicted octanol–water partition coefficient (Wildman–Crippen LogP) is 5.79. The van der Waals surface area contributed by atoms with Crippen LogP contribution in [-0.2, 0) is 6.54 Å². The molecule has 1 aliphatic rings. The van der Waals surface area contributed by atoms with Gasteiger partial charge in [-0.15, -0.1) is 11.3 Å². The van der Waals surface area contributed by atoms with Crippen molar-refractivity contribution in [2.45, 2.75) is 51.5 Å². The first-order chi connectivity index (χ1) is 14.8. The Labute approximate surface area is 182 Å². The van der Waals surface area contributed by atoms with Gasteiger partial charge < -0.3 is 15.5 Å². The molecule has 2 aromatic heterocycles. The van der Waals surface area contributed by atoms with Crippen molar-refractivity contribution in [2.75, 3.05) is 5.32 Å². The molecule has 31 heavy (non-hydrogen) atoms. The Hall–Kier alpha value is -3.27. The van der Waals surface area contributed by atoms with Gasteiger partial charge in [0, 0.05) is 24.6 Å². The van der Waals surface area contributed by atoms with Crippen molar-refractivity contribution in [1.29, 1.82) is 0 Å². The van der Waals surface area contributed by atoms with Crippen LogP contribution in [0.25, 0.3) is 10.2 Å². The molecule has 1 aromatic carbocycles. The number of non-ortho nitro benzene ring substituents is 1. The number of nitrogens with zero attached hydrogens (tertiary/aromatic N) is 3. The Bertz CT molecular complexity index is 1070. The van der Waals surface area contributed by atoms with Gasteiger partial charge in [0.15, 0.2) is 0 Å². The molecular weight excluding hydrogens is 420 g/mol. The average Bonchev–Trinajstić information content (AvgIpc) is 3.13. The summed E-state index contributed by atoms with van der Waals surface area (Å²) in [7, 11) is 0. The third kappa shape index (κ3) is 5.88. The number of anilines is 1. The van der Waals surface area contributed by atoms with E-state index in [-0.39, 0.29) is 10.6 Å². The highest BCUT2D eigenvalue weighted by molar-refractivity contribution is 7.17. The molecule has 3 N–H and O–H groups in total. The van der Waals surface area contributed by atoms with Crippen molar-refractivity contribution in [3.8, 4) is 0 Å². The Morgan fingerprint density at radius 1 is 1.26 bits per heavy atom. The maximum atomic E-state index is 11.0. The highest BCUT2D eigenvalue weighted by Gasteiger charge is 2.21. The molecule has 0 unspecified atom stereocenters. The van der Waals surface area contributed by atoms with Crippen molar-refractivity contribution in [3.05, 3.63) is 56.7 Å². The first kappa shape index (κ1) is 22.4. The summed E-state index contributed by atoms with van der Waals surface area (Å²) in [5, 5.41) is 31.5. The summed E-state index contributed by atoms with van der Waals surface area (Å²) in [6, 6.07) is 6.72. The maximum Gasteiger partial charge on any atom is 0.503 e. The van der Waals surface area contributed by atoms with E-state index < -0.39 is 6.16 Å². The second-order valence-corrected chi connectivity index (χ2v) is 8.29. The van der Waals surface area contributed by atoms with E-state index in [9.17, 15) is 10.1 Å². The zero-order valence-corrected chi connectivity index (χ0v) is 17.9. The van der Waals surface area contributed by atoms with Crippen LogP contribution in [0.5, 0.6) is 0 Å². The minimum atomic E-state index is -1.83. The first-order valence-electron chi connectivity index (χ1n) is 10.00. The summed E-state index contributed by atoms with van der Waals surface area (Å²) in [5.41, 5.74) is 2.13. The average molecular weight is 445 g/mol. The number of hydrogen-bond donors (Lipinski definition) is 3. The fourth-order valence-electron chi connectivity index (χ4n) is 3.74. The van der Waals surface area contributed by atoms with Gasteiger partial charge >= 0.3 is 6.16 Å². The smallest absolute Gasteiger partial charge is 0.450 e. The number of aromatic nitrogens is 2. The largest absolute Gasteiger partial charge is 0.503 e. The monoisotopic (exact) mass is 444 g/mol. The van der Waals surface area contributed by atoms with Gasteiger partial charge in [-0.2, -0.15) is 0 Å². The Morgan fingerprint density at radius 3 is 2.65 bits per heavy atom. The quantitative estimate of drug-likeness (QED) is 0.332. The van der Waals surface area contributed by atoms with Crippen molar-refractivity contribution >= 4 is 39.2 Å². The third-order valence-electron chi connectivity index (χ3n) is 5.19. The van der Waals surface area contributed by atoms with Crippen LogP contribution in [0, 0.1) is 17.0 Å². The zero-order chi connectivity index (χ0) is 22.4. The van der Waals surface area contributed by atoms with Crippen LogP contribution < -0.4 is 5.32 Å². The standard InChI is InChI=1S/C20H22N4O2S.CH2O3/c1-13-12-27-20-17(13)19(22-18(23-20)15-7-3-2-4-8-15)21-11-14-6-5-9-16(10-14)24(25)26;2-1(3)4/h5-6,9-10,12,15H,2-4,7-8,11H2,1H3,(H,21,22,23);(H2,2,3,4). The van der Waals surface area contributed by atoms with Gasteiger partial charge in [0.25, 0.3) is 5.69 Å². The molecule has 1 fully saturated rings. The van der Waals surface area contributed by atoms with E-state index in [0.717, 1.165) is 45.8 Å². The van der Waals surface area contributed by atoms with Crippen LogP contribution in [0.1, 0.15) is 55.0 Å². The molecule has 0 saturated heterocycles. The van der Waals surface area contributed by atoms with Crippen LogP contribution in [0.3, 0.4) is 0 Å². The Kier molecular flexibility index (Phi) is 7.35. The number of nitro benzene ring substituents is 1. The molecule has 0 aliphatic heterocycles. The number of nitrogens with one attached hydrogen (secondary N) is 1. The van der Waals surface area contributed by atoms with Gasteiger partial charge in [-0.1, -0.05) is 31.4 Å². The molecule has 0 spiro atoms. The molecule has 10 heteroatoms. The van der Waals surface area contributed by atoms with E-state index in [1.54, 1.807) is 23.5 Å². The summed E-state index contributed by atoms with van der Waals surface area (Å²) in [6.45, 7) is 2.56. The normalized spacial score (nSPS) is 14.0. The second-order valence-electron chi connectivity index (χ2n) is 7.43. The SMILES string of the molecule is Cc1csc2nc(C3CCCCC3)nc(NCc3cccc([N+](=O)[O-])c3)c12.O=C(O)O. The number of carboxylic acid groups (broad SMARTS) is 2. The number of thiophene rings is 1. The summed E-state index contributed by atoms with van der Waals surface area (Å²) in [4.78, 5) is 29.9. The predicted molar refractivity (Wildman–Crippen MR) is 119 cm³/mol. The lowest BCUT2D eigenvalue weighted by atomic mass is 9.88. The zero-order valence-electron chi connectivity index (χ0n) is 17.1. The van der Waals surface area contributed by atoms with Gasteiger partial charge in [-0.25, -0.2) is 14.8 Å². The van der Waals surface area contributed by atoms with Crippen LogP contribution in [0.15, 0.2) is 29.6 Å². The van der Waals surface area contributed by atoms with E-state index >= 15 is 0 Å². The minimum Gasteiger partial charge on any atom is -0.450 e. The van der Waals surface area contributed by atoms with E-state index in [1.807, 2.05) is 6.07 Å². The highest BCUT2D eigenvalue weighted by atomic mass is 32.1. The number of hydrogen-bond acceptors (Lipinski definition) is 7. The van der Waals surface area contributed by atoms with Crippen molar-refractivity contribution in [2.24, 2.45) is 0 Å². The summed E-state index contributed by atoms with van der Waals surface area (Å²) in [5.74, 6) is 2.21. The molecule has 9 nitrogen and oxygen atoms in total. The molecule has 4 rings (SSSR count). The minimum absolute atomic E-state index is 0.108. The van der Waals surface area contributed by atoms with Gasteiger partial charge in [-0.05, 0) is 36.3 Å². The number of aryl methyl sites for hydroxylation is 1. The Morgan fingerprint density at radius 2 is 1.97 bits per heavy atom. The summed E-state index contributed by atoms with van der Waals surface area (Å²) in [6.07, 6.45) is 4.26. The number of fused-ring (bicyclic) bond motifs is 1. The summed E-state index contributed by atoms with van der Waals surface area (Å²) < 4.78 is 0. The third-order valence-corrected chi connectivity index (χ3v) is 6.18.